The van der Waals surface area contributed by atoms with Crippen LogP contribution < -0.4 is 10.1 Å². The Morgan fingerprint density at radius 1 is 1.15 bits per heavy atom. The van der Waals surface area contributed by atoms with Crippen LogP contribution in [-0.4, -0.2) is 31.4 Å². The Hall–Kier alpha value is -2.67. The molecule has 1 aliphatic heterocycles. The summed E-state index contributed by atoms with van der Waals surface area (Å²) in [4.78, 5) is 29.1. The highest BCUT2D eigenvalue weighted by atomic mass is 79.9. The molecule has 1 N–H and O–H groups in total. The van der Waals surface area contributed by atoms with Crippen molar-refractivity contribution < 1.29 is 19.1 Å². The van der Waals surface area contributed by atoms with E-state index in [0.29, 0.717) is 17.0 Å². The van der Waals surface area contributed by atoms with Crippen LogP contribution in [0.4, 0.5) is 4.79 Å². The number of nitrogens with one attached hydrogen (secondary N) is 1. The predicted octanol–water partition coefficient (Wildman–Crippen LogP) is 3.89. The van der Waals surface area contributed by atoms with Crippen LogP contribution in [0, 0.1) is 5.92 Å². The topological polar surface area (TPSA) is 77.0 Å². The molecule has 2 aromatic rings. The van der Waals surface area contributed by atoms with Gasteiger partial charge in [-0.15, -0.1) is 0 Å². The molecule has 2 aromatic carbocycles. The number of rotatable bonds is 5. The van der Waals surface area contributed by atoms with Crippen molar-refractivity contribution in [3.63, 3.8) is 0 Å². The molecule has 0 bridgehead atoms. The fraction of sp³-hybridized carbons (Fsp3) is 0.250. The van der Waals surface area contributed by atoms with Crippen molar-refractivity contribution in [1.29, 1.82) is 0 Å². The van der Waals surface area contributed by atoms with Crippen LogP contribution in [0.15, 0.2) is 58.0 Å². The molecule has 1 aliphatic rings. The number of urea groups is 1. The van der Waals surface area contributed by atoms with Gasteiger partial charge in [0.15, 0.2) is 0 Å². The second kappa shape index (κ2) is 8.35. The first-order chi connectivity index (χ1) is 13.0. The quantitative estimate of drug-likeness (QED) is 0.729. The number of halogens is 1. The summed E-state index contributed by atoms with van der Waals surface area (Å²) < 4.78 is 11.4. The molecule has 2 amide bonds. The van der Waals surface area contributed by atoms with Crippen LogP contribution in [0.25, 0.3) is 0 Å². The molecule has 0 spiro atoms. The number of hydrogen-bond donors (Lipinski definition) is 1. The van der Waals surface area contributed by atoms with E-state index in [1.165, 1.54) is 0 Å². The number of esters is 1. The molecule has 2 atom stereocenters. The van der Waals surface area contributed by atoms with E-state index in [9.17, 15) is 9.59 Å². The van der Waals surface area contributed by atoms with Gasteiger partial charge in [0.25, 0.3) is 0 Å². The molecule has 1 heterocycles. The highest BCUT2D eigenvalue weighted by molar-refractivity contribution is 9.10. The van der Waals surface area contributed by atoms with Crippen LogP contribution >= 0.6 is 15.9 Å². The van der Waals surface area contributed by atoms with E-state index in [4.69, 9.17) is 9.47 Å². The number of amides is 2. The van der Waals surface area contributed by atoms with Crippen LogP contribution in [0.2, 0.25) is 0 Å². The van der Waals surface area contributed by atoms with E-state index in [1.54, 1.807) is 38.3 Å². The fourth-order valence-corrected chi connectivity index (χ4v) is 3.28. The molecule has 0 saturated carbocycles. The van der Waals surface area contributed by atoms with Crippen molar-refractivity contribution in [1.82, 2.24) is 5.32 Å². The highest BCUT2D eigenvalue weighted by Crippen LogP contribution is 2.31. The molecular weight excluding hydrogens is 412 g/mol. The fourth-order valence-electron chi connectivity index (χ4n) is 3.02. The summed E-state index contributed by atoms with van der Waals surface area (Å²) in [6, 6.07) is 13.5. The lowest BCUT2D eigenvalue weighted by Crippen LogP contribution is -2.45. The molecule has 0 radical (unpaired) electrons. The Labute approximate surface area is 165 Å². The number of carbonyl (C=O) groups excluding carboxylic acids is 2. The first-order valence-corrected chi connectivity index (χ1v) is 9.28. The van der Waals surface area contributed by atoms with Crippen molar-refractivity contribution in [2.45, 2.75) is 13.0 Å². The van der Waals surface area contributed by atoms with Gasteiger partial charge >= 0.3 is 12.0 Å². The van der Waals surface area contributed by atoms with E-state index in [0.717, 1.165) is 10.0 Å². The van der Waals surface area contributed by atoms with Crippen LogP contribution in [0.3, 0.4) is 0 Å². The van der Waals surface area contributed by atoms with Gasteiger partial charge in [0.2, 0.25) is 0 Å². The van der Waals surface area contributed by atoms with Gasteiger partial charge in [-0.25, -0.2) is 4.79 Å². The largest absolute Gasteiger partial charge is 0.497 e. The SMILES string of the molecule is CCOC(=O)C1C(c2ccc(OC)cc2)=NC(=O)NC1c1ccc(Br)cc1. The minimum absolute atomic E-state index is 0.242. The van der Waals surface area contributed by atoms with Crippen molar-refractivity contribution in [3.05, 3.63) is 64.1 Å². The first kappa shape index (κ1) is 19.1. The molecule has 6 nitrogen and oxygen atoms in total. The van der Waals surface area contributed by atoms with Crippen molar-refractivity contribution in [2.24, 2.45) is 10.9 Å². The van der Waals surface area contributed by atoms with E-state index >= 15 is 0 Å². The van der Waals surface area contributed by atoms with Gasteiger partial charge in [0.1, 0.15) is 11.7 Å². The maximum absolute atomic E-state index is 12.8. The first-order valence-electron chi connectivity index (χ1n) is 8.49. The van der Waals surface area contributed by atoms with Crippen molar-refractivity contribution in [2.75, 3.05) is 13.7 Å². The summed E-state index contributed by atoms with van der Waals surface area (Å²) in [7, 11) is 1.57. The van der Waals surface area contributed by atoms with Gasteiger partial charge in [-0.05, 0) is 54.4 Å². The molecule has 3 rings (SSSR count). The minimum atomic E-state index is -0.753. The minimum Gasteiger partial charge on any atom is -0.497 e. The van der Waals surface area contributed by atoms with E-state index < -0.39 is 24.0 Å². The van der Waals surface area contributed by atoms with E-state index in [2.05, 4.69) is 26.2 Å². The van der Waals surface area contributed by atoms with Crippen LogP contribution in [0.5, 0.6) is 5.75 Å². The van der Waals surface area contributed by atoms with Gasteiger partial charge in [0, 0.05) is 4.47 Å². The predicted molar refractivity (Wildman–Crippen MR) is 105 cm³/mol. The Morgan fingerprint density at radius 2 is 1.81 bits per heavy atom. The van der Waals surface area contributed by atoms with Gasteiger partial charge in [-0.3, -0.25) is 4.79 Å². The number of aliphatic imine (C=N–C) groups is 1. The average Bonchev–Trinajstić information content (AvgIpc) is 2.68. The monoisotopic (exact) mass is 430 g/mol. The highest BCUT2D eigenvalue weighted by Gasteiger charge is 2.40. The van der Waals surface area contributed by atoms with Gasteiger partial charge in [-0.2, -0.15) is 4.99 Å². The Bertz CT molecular complexity index is 863. The smallest absolute Gasteiger partial charge is 0.341 e. The van der Waals surface area contributed by atoms with Gasteiger partial charge < -0.3 is 14.8 Å². The zero-order valence-corrected chi connectivity index (χ0v) is 16.5. The van der Waals surface area contributed by atoms with Crippen molar-refractivity contribution in [3.8, 4) is 5.75 Å². The molecule has 0 fully saturated rings. The molecule has 0 aliphatic carbocycles. The lowest BCUT2D eigenvalue weighted by molar-refractivity contribution is -0.146. The van der Waals surface area contributed by atoms with Crippen LogP contribution in [0.1, 0.15) is 24.1 Å². The summed E-state index contributed by atoms with van der Waals surface area (Å²) in [6.07, 6.45) is 0. The van der Waals surface area contributed by atoms with Crippen molar-refractivity contribution >= 4 is 33.6 Å². The number of methoxy groups -OCH3 is 1. The second-order valence-corrected chi connectivity index (χ2v) is 6.85. The molecule has 2 unspecified atom stereocenters. The lowest BCUT2D eigenvalue weighted by Gasteiger charge is -2.31. The van der Waals surface area contributed by atoms with E-state index in [-0.39, 0.29) is 6.61 Å². The summed E-state index contributed by atoms with van der Waals surface area (Å²) in [5.74, 6) is -0.506. The molecule has 0 saturated heterocycles. The summed E-state index contributed by atoms with van der Waals surface area (Å²) in [5.41, 5.74) is 1.85. The Kier molecular flexibility index (Phi) is 5.91. The maximum Gasteiger partial charge on any atom is 0.341 e. The molecule has 27 heavy (non-hydrogen) atoms. The number of hydrogen-bond acceptors (Lipinski definition) is 4. The second-order valence-electron chi connectivity index (χ2n) is 5.93. The summed E-state index contributed by atoms with van der Waals surface area (Å²) >= 11 is 3.40. The normalized spacial score (nSPS) is 19.1. The summed E-state index contributed by atoms with van der Waals surface area (Å²) in [6.45, 7) is 1.99. The number of ether oxygens (including phenoxy) is 2. The third kappa shape index (κ3) is 4.19. The van der Waals surface area contributed by atoms with E-state index in [1.807, 2.05) is 24.3 Å². The number of benzene rings is 2. The Morgan fingerprint density at radius 3 is 2.41 bits per heavy atom. The third-order valence-corrected chi connectivity index (χ3v) is 4.81. The average molecular weight is 431 g/mol. The molecule has 140 valence electrons. The Balaban J connectivity index is 2.06. The zero-order valence-electron chi connectivity index (χ0n) is 14.9. The van der Waals surface area contributed by atoms with Crippen LogP contribution in [-0.2, 0) is 9.53 Å². The molecule has 0 aromatic heterocycles. The third-order valence-electron chi connectivity index (χ3n) is 4.28. The lowest BCUT2D eigenvalue weighted by atomic mass is 9.84. The van der Waals surface area contributed by atoms with Gasteiger partial charge in [-0.1, -0.05) is 28.1 Å². The number of nitrogens with zero attached hydrogens (tertiary/aromatic N) is 1. The summed E-state index contributed by atoms with van der Waals surface area (Å²) in [5, 5.41) is 2.80. The van der Waals surface area contributed by atoms with Gasteiger partial charge in [0.05, 0.1) is 25.5 Å². The zero-order chi connectivity index (χ0) is 19.4. The number of carbonyl (C=O) groups is 2. The molecule has 7 heteroatoms. The maximum atomic E-state index is 12.8. The molecular formula is C20H19BrN2O4. The standard InChI is InChI=1S/C20H19BrN2O4/c1-3-27-19(24)16-17(12-4-8-14(21)9-5-12)22-20(25)23-18(16)13-6-10-15(26-2)11-7-13/h4-11,16-17H,3H2,1-2H3,(H,22,25).